The lowest BCUT2D eigenvalue weighted by atomic mass is 10.2. The van der Waals surface area contributed by atoms with Crippen LogP contribution in [0.4, 0.5) is 18.9 Å². The summed E-state index contributed by atoms with van der Waals surface area (Å²) in [5.74, 6) is -1.76. The van der Waals surface area contributed by atoms with E-state index in [1.54, 1.807) is 6.07 Å². The van der Waals surface area contributed by atoms with Crippen LogP contribution in [0.5, 0.6) is 0 Å². The zero-order valence-electron chi connectivity index (χ0n) is 11.7. The minimum atomic E-state index is -4.54. The Bertz CT molecular complexity index is 802. The van der Waals surface area contributed by atoms with E-state index in [1.807, 2.05) is 0 Å². The molecular formula is C15H12F3NO3S. The van der Waals surface area contributed by atoms with Crippen molar-refractivity contribution < 1.29 is 26.4 Å². The summed E-state index contributed by atoms with van der Waals surface area (Å²) in [6, 6.07) is 11.3. The highest BCUT2D eigenvalue weighted by atomic mass is 32.2. The van der Waals surface area contributed by atoms with Crippen molar-refractivity contribution in [2.24, 2.45) is 0 Å². The van der Waals surface area contributed by atoms with Gasteiger partial charge >= 0.3 is 6.18 Å². The Morgan fingerprint density at radius 3 is 2.26 bits per heavy atom. The van der Waals surface area contributed by atoms with Crippen LogP contribution in [0.1, 0.15) is 5.56 Å². The smallest absolute Gasteiger partial charge is 0.325 e. The van der Waals surface area contributed by atoms with Crippen molar-refractivity contribution in [3.05, 3.63) is 60.2 Å². The first-order chi connectivity index (χ1) is 10.7. The van der Waals surface area contributed by atoms with Gasteiger partial charge in [-0.15, -0.1) is 0 Å². The third kappa shape index (κ3) is 4.56. The Morgan fingerprint density at radius 2 is 1.65 bits per heavy atom. The highest BCUT2D eigenvalue weighted by molar-refractivity contribution is 7.92. The van der Waals surface area contributed by atoms with Crippen LogP contribution in [0.2, 0.25) is 0 Å². The van der Waals surface area contributed by atoms with E-state index in [0.29, 0.717) is 0 Å². The highest BCUT2D eigenvalue weighted by Gasteiger charge is 2.30. The molecule has 0 saturated carbocycles. The lowest BCUT2D eigenvalue weighted by molar-refractivity contribution is -0.137. The molecule has 2 aromatic rings. The van der Waals surface area contributed by atoms with Gasteiger partial charge in [-0.3, -0.25) is 4.79 Å². The Balaban J connectivity index is 2.12. The molecule has 4 nitrogen and oxygen atoms in total. The third-order valence-corrected chi connectivity index (χ3v) is 4.53. The number of hydrogen-bond acceptors (Lipinski definition) is 3. The molecule has 2 aromatic carbocycles. The fraction of sp³-hybridized carbons (Fsp3) is 0.133. The molecule has 0 unspecified atom stereocenters. The maximum absolute atomic E-state index is 12.6. The van der Waals surface area contributed by atoms with Gasteiger partial charge in [-0.05, 0) is 30.3 Å². The molecule has 23 heavy (non-hydrogen) atoms. The van der Waals surface area contributed by atoms with E-state index >= 15 is 0 Å². The van der Waals surface area contributed by atoms with Crippen molar-refractivity contribution in [2.45, 2.75) is 11.1 Å². The molecule has 8 heteroatoms. The third-order valence-electron chi connectivity index (χ3n) is 2.90. The molecule has 0 heterocycles. The Kier molecular flexibility index (Phi) is 4.74. The van der Waals surface area contributed by atoms with Gasteiger partial charge in [0.2, 0.25) is 5.91 Å². The molecule has 0 aliphatic carbocycles. The Morgan fingerprint density at radius 1 is 1.00 bits per heavy atom. The molecule has 0 saturated heterocycles. The van der Waals surface area contributed by atoms with Gasteiger partial charge in [-0.2, -0.15) is 13.2 Å². The number of carbonyl (C=O) groups is 1. The van der Waals surface area contributed by atoms with Crippen molar-refractivity contribution in [1.82, 2.24) is 0 Å². The molecule has 2 rings (SSSR count). The van der Waals surface area contributed by atoms with Crippen LogP contribution in [-0.2, 0) is 20.8 Å². The van der Waals surface area contributed by atoms with Gasteiger partial charge in [-0.25, -0.2) is 8.42 Å². The lowest BCUT2D eigenvalue weighted by Crippen LogP contribution is -2.23. The molecule has 1 amide bonds. The Labute approximate surface area is 130 Å². The maximum Gasteiger partial charge on any atom is 0.416 e. The predicted octanol–water partition coefficient (Wildman–Crippen LogP) is 3.12. The SMILES string of the molecule is O=C(CS(=O)(=O)c1ccccc1)Nc1cccc(C(F)(F)F)c1. The minimum absolute atomic E-state index is 0.0285. The van der Waals surface area contributed by atoms with Crippen LogP contribution in [0.15, 0.2) is 59.5 Å². The number of anilines is 1. The van der Waals surface area contributed by atoms with Crippen LogP contribution in [0, 0.1) is 0 Å². The molecule has 0 aliphatic heterocycles. The van der Waals surface area contributed by atoms with Crippen LogP contribution < -0.4 is 5.32 Å². The van der Waals surface area contributed by atoms with Crippen LogP contribution in [-0.4, -0.2) is 20.1 Å². The van der Waals surface area contributed by atoms with Crippen LogP contribution in [0.3, 0.4) is 0 Å². The Hall–Kier alpha value is -2.35. The zero-order chi connectivity index (χ0) is 17.1. The monoisotopic (exact) mass is 343 g/mol. The van der Waals surface area contributed by atoms with E-state index in [2.05, 4.69) is 5.32 Å². The quantitative estimate of drug-likeness (QED) is 0.928. The molecule has 1 N–H and O–H groups in total. The second kappa shape index (κ2) is 6.41. The average Bonchev–Trinajstić information content (AvgIpc) is 2.47. The lowest BCUT2D eigenvalue weighted by Gasteiger charge is -2.10. The molecule has 0 bridgehead atoms. The number of nitrogens with one attached hydrogen (secondary N) is 1. The van der Waals surface area contributed by atoms with E-state index in [-0.39, 0.29) is 10.6 Å². The topological polar surface area (TPSA) is 63.2 Å². The molecule has 0 aliphatic rings. The molecule has 0 fully saturated rings. The summed E-state index contributed by atoms with van der Waals surface area (Å²) in [6.07, 6.45) is -4.54. The number of benzene rings is 2. The van der Waals surface area contributed by atoms with E-state index < -0.39 is 33.2 Å². The van der Waals surface area contributed by atoms with E-state index in [1.165, 1.54) is 30.3 Å². The van der Waals surface area contributed by atoms with Crippen molar-refractivity contribution in [3.63, 3.8) is 0 Å². The number of rotatable bonds is 4. The summed E-state index contributed by atoms with van der Waals surface area (Å²) >= 11 is 0. The summed E-state index contributed by atoms with van der Waals surface area (Å²) in [5.41, 5.74) is -1.05. The maximum atomic E-state index is 12.6. The zero-order valence-corrected chi connectivity index (χ0v) is 12.5. The van der Waals surface area contributed by atoms with Gasteiger partial charge in [0.05, 0.1) is 10.5 Å². The summed E-state index contributed by atoms with van der Waals surface area (Å²) in [5, 5.41) is 2.16. The standard InChI is InChI=1S/C15H12F3NO3S/c16-15(17,18)11-5-4-6-12(9-11)19-14(20)10-23(21,22)13-7-2-1-3-8-13/h1-9H,10H2,(H,19,20). The van der Waals surface area contributed by atoms with Crippen molar-refractivity contribution in [2.75, 3.05) is 11.1 Å². The number of carbonyl (C=O) groups excluding carboxylic acids is 1. The number of amides is 1. The van der Waals surface area contributed by atoms with Crippen LogP contribution >= 0.6 is 0 Å². The predicted molar refractivity (Wildman–Crippen MR) is 78.6 cm³/mol. The second-order valence-corrected chi connectivity index (χ2v) is 6.69. The normalized spacial score (nSPS) is 12.0. The highest BCUT2D eigenvalue weighted by Crippen LogP contribution is 2.30. The number of halogens is 3. The first kappa shape index (κ1) is 17.0. The first-order valence-electron chi connectivity index (χ1n) is 6.43. The van der Waals surface area contributed by atoms with Gasteiger partial charge in [-0.1, -0.05) is 24.3 Å². The second-order valence-electron chi connectivity index (χ2n) is 4.70. The fourth-order valence-corrected chi connectivity index (χ4v) is 3.01. The number of hydrogen-bond donors (Lipinski definition) is 1. The first-order valence-corrected chi connectivity index (χ1v) is 8.09. The van der Waals surface area contributed by atoms with Crippen molar-refractivity contribution in [3.8, 4) is 0 Å². The largest absolute Gasteiger partial charge is 0.416 e. The van der Waals surface area contributed by atoms with E-state index in [0.717, 1.165) is 18.2 Å². The van der Waals surface area contributed by atoms with Gasteiger partial charge in [0.1, 0.15) is 5.75 Å². The molecular weight excluding hydrogens is 331 g/mol. The average molecular weight is 343 g/mol. The van der Waals surface area contributed by atoms with Crippen LogP contribution in [0.25, 0.3) is 0 Å². The van der Waals surface area contributed by atoms with Crippen molar-refractivity contribution >= 4 is 21.4 Å². The summed E-state index contributed by atoms with van der Waals surface area (Å²) < 4.78 is 61.8. The summed E-state index contributed by atoms with van der Waals surface area (Å²) in [6.45, 7) is 0. The van der Waals surface area contributed by atoms with E-state index in [9.17, 15) is 26.4 Å². The molecule has 0 radical (unpaired) electrons. The van der Waals surface area contributed by atoms with Gasteiger partial charge < -0.3 is 5.32 Å². The fourth-order valence-electron chi connectivity index (χ4n) is 1.85. The van der Waals surface area contributed by atoms with Gasteiger partial charge in [0.15, 0.2) is 9.84 Å². The summed E-state index contributed by atoms with van der Waals surface area (Å²) in [7, 11) is -3.85. The molecule has 0 atom stereocenters. The number of sulfone groups is 1. The number of alkyl halides is 3. The molecule has 122 valence electrons. The molecule has 0 aromatic heterocycles. The van der Waals surface area contributed by atoms with Gasteiger partial charge in [0, 0.05) is 5.69 Å². The van der Waals surface area contributed by atoms with Crippen molar-refractivity contribution in [1.29, 1.82) is 0 Å². The summed E-state index contributed by atoms with van der Waals surface area (Å²) in [4.78, 5) is 11.8. The molecule has 0 spiro atoms. The minimum Gasteiger partial charge on any atom is -0.325 e. The van der Waals surface area contributed by atoms with E-state index in [4.69, 9.17) is 0 Å². The van der Waals surface area contributed by atoms with Gasteiger partial charge in [0.25, 0.3) is 0 Å².